The number of aliphatic hydroxyl groups is 1. The summed E-state index contributed by atoms with van der Waals surface area (Å²) in [5, 5.41) is 10.4. The summed E-state index contributed by atoms with van der Waals surface area (Å²) < 4.78 is 0. The van der Waals surface area contributed by atoms with Crippen LogP contribution in [0.25, 0.3) is 0 Å². The van der Waals surface area contributed by atoms with Crippen LogP contribution in [0, 0.1) is 0 Å². The maximum Gasteiger partial charge on any atom is 0.0916 e. The van der Waals surface area contributed by atoms with Crippen LogP contribution in [0.1, 0.15) is 64.7 Å². The second-order valence-electron chi connectivity index (χ2n) is 6.80. The smallest absolute Gasteiger partial charge is 0.0916 e. The third-order valence-corrected chi connectivity index (χ3v) is 4.19. The highest BCUT2D eigenvalue weighted by molar-refractivity contribution is 5.28. The Morgan fingerprint density at radius 2 is 1.55 bits per heavy atom. The van der Waals surface area contributed by atoms with E-state index in [0.717, 1.165) is 18.4 Å². The van der Waals surface area contributed by atoms with Crippen molar-refractivity contribution >= 4 is 0 Å². The number of nitrogens with zero attached hydrogens (tertiary/aromatic N) is 1. The molecule has 0 heterocycles. The van der Waals surface area contributed by atoms with Gasteiger partial charge in [0.25, 0.3) is 0 Å². The van der Waals surface area contributed by atoms with Crippen molar-refractivity contribution in [2.24, 2.45) is 0 Å². The Morgan fingerprint density at radius 1 is 1.05 bits per heavy atom. The molecule has 1 unspecified atom stereocenters. The Balaban J connectivity index is 2.71. The molecule has 0 aromatic heterocycles. The van der Waals surface area contributed by atoms with E-state index < -0.39 is 6.10 Å². The molecule has 0 bridgehead atoms. The van der Waals surface area contributed by atoms with Crippen molar-refractivity contribution in [2.45, 2.75) is 65.0 Å². The van der Waals surface area contributed by atoms with E-state index in [1.165, 1.54) is 5.56 Å². The van der Waals surface area contributed by atoms with Gasteiger partial charge in [0.15, 0.2) is 0 Å². The minimum absolute atomic E-state index is 0.162. The number of likely N-dealkylation sites (N-methyl/N-ethyl adjacent to an activating group) is 1. The molecular formula is C18H31NO. The maximum absolute atomic E-state index is 10.4. The second kappa shape index (κ2) is 7.24. The molecule has 1 aromatic carbocycles. The molecule has 2 heteroatoms. The third kappa shape index (κ3) is 4.60. The molecule has 114 valence electrons. The number of hydrogen-bond donors (Lipinski definition) is 1. The number of aliphatic hydroxyl groups excluding tert-OH is 1. The van der Waals surface area contributed by atoms with E-state index in [0.29, 0.717) is 12.6 Å². The van der Waals surface area contributed by atoms with Gasteiger partial charge in [-0.3, -0.25) is 0 Å². The maximum atomic E-state index is 10.4. The van der Waals surface area contributed by atoms with Crippen LogP contribution in [0.15, 0.2) is 24.3 Å². The quantitative estimate of drug-likeness (QED) is 0.845. The average molecular weight is 277 g/mol. The highest BCUT2D eigenvalue weighted by Crippen LogP contribution is 2.24. The van der Waals surface area contributed by atoms with E-state index in [1.54, 1.807) is 0 Å². The highest BCUT2D eigenvalue weighted by Gasteiger charge is 2.17. The van der Waals surface area contributed by atoms with Crippen molar-refractivity contribution in [3.8, 4) is 0 Å². The zero-order valence-electron chi connectivity index (χ0n) is 14.0. The predicted octanol–water partition coefficient (Wildman–Crippen LogP) is 4.14. The SMILES string of the molecule is CCC(CC)N(C)CC(O)c1ccc(C(C)(C)C)cc1. The van der Waals surface area contributed by atoms with Gasteiger partial charge in [-0.1, -0.05) is 58.9 Å². The van der Waals surface area contributed by atoms with Crippen LogP contribution < -0.4 is 0 Å². The van der Waals surface area contributed by atoms with Gasteiger partial charge in [0.1, 0.15) is 0 Å². The summed E-state index contributed by atoms with van der Waals surface area (Å²) in [5.74, 6) is 0. The Kier molecular flexibility index (Phi) is 6.22. The second-order valence-corrected chi connectivity index (χ2v) is 6.80. The molecule has 1 atom stereocenters. The van der Waals surface area contributed by atoms with Gasteiger partial charge in [-0.15, -0.1) is 0 Å². The standard InChI is InChI=1S/C18H31NO/c1-7-16(8-2)19(6)13-17(20)14-9-11-15(12-10-14)18(3,4)5/h9-12,16-17,20H,7-8,13H2,1-6H3. The lowest BCUT2D eigenvalue weighted by Gasteiger charge is -2.28. The van der Waals surface area contributed by atoms with Crippen LogP contribution in [0.2, 0.25) is 0 Å². The topological polar surface area (TPSA) is 23.5 Å². The lowest BCUT2D eigenvalue weighted by Crippen LogP contribution is -2.34. The van der Waals surface area contributed by atoms with Crippen LogP contribution >= 0.6 is 0 Å². The van der Waals surface area contributed by atoms with Crippen LogP contribution in [0.3, 0.4) is 0 Å². The molecule has 0 saturated carbocycles. The van der Waals surface area contributed by atoms with Gasteiger partial charge in [-0.25, -0.2) is 0 Å². The van der Waals surface area contributed by atoms with Crippen molar-refractivity contribution in [3.63, 3.8) is 0 Å². The molecule has 0 radical (unpaired) electrons. The van der Waals surface area contributed by atoms with Gasteiger partial charge in [0.05, 0.1) is 6.10 Å². The molecule has 0 spiro atoms. The Hall–Kier alpha value is -0.860. The Morgan fingerprint density at radius 3 is 1.95 bits per heavy atom. The number of rotatable bonds is 6. The van der Waals surface area contributed by atoms with Gasteiger partial charge in [0.2, 0.25) is 0 Å². The summed E-state index contributed by atoms with van der Waals surface area (Å²) in [6, 6.07) is 8.95. The lowest BCUT2D eigenvalue weighted by molar-refractivity contribution is 0.101. The molecule has 0 amide bonds. The van der Waals surface area contributed by atoms with Crippen molar-refractivity contribution in [1.29, 1.82) is 0 Å². The Labute approximate surface area is 124 Å². The van der Waals surface area contributed by atoms with Crippen molar-refractivity contribution in [2.75, 3.05) is 13.6 Å². The molecule has 0 fully saturated rings. The molecule has 1 rings (SSSR count). The molecule has 20 heavy (non-hydrogen) atoms. The van der Waals surface area contributed by atoms with E-state index in [9.17, 15) is 5.11 Å². The summed E-state index contributed by atoms with van der Waals surface area (Å²) in [7, 11) is 2.10. The van der Waals surface area contributed by atoms with E-state index in [1.807, 2.05) is 0 Å². The molecule has 0 aliphatic rings. The van der Waals surface area contributed by atoms with Gasteiger partial charge < -0.3 is 10.0 Å². The summed E-state index contributed by atoms with van der Waals surface area (Å²) >= 11 is 0. The first kappa shape index (κ1) is 17.2. The molecule has 2 nitrogen and oxygen atoms in total. The summed E-state index contributed by atoms with van der Waals surface area (Å²) in [6.07, 6.45) is 1.85. The fraction of sp³-hybridized carbons (Fsp3) is 0.667. The van der Waals surface area contributed by atoms with Crippen molar-refractivity contribution in [1.82, 2.24) is 4.90 Å². The fourth-order valence-corrected chi connectivity index (χ4v) is 2.64. The normalized spacial score (nSPS) is 14.1. The summed E-state index contributed by atoms with van der Waals surface area (Å²) in [5.41, 5.74) is 2.48. The first-order valence-electron chi connectivity index (χ1n) is 7.78. The number of benzene rings is 1. The molecule has 0 saturated heterocycles. The predicted molar refractivity (Wildman–Crippen MR) is 87.1 cm³/mol. The zero-order chi connectivity index (χ0) is 15.3. The first-order valence-corrected chi connectivity index (χ1v) is 7.78. The average Bonchev–Trinajstić information content (AvgIpc) is 2.39. The summed E-state index contributed by atoms with van der Waals surface area (Å²) in [4.78, 5) is 2.27. The lowest BCUT2D eigenvalue weighted by atomic mass is 9.86. The molecule has 0 aliphatic carbocycles. The Bertz CT molecular complexity index is 387. The van der Waals surface area contributed by atoms with Crippen LogP contribution in [-0.4, -0.2) is 29.6 Å². The summed E-state index contributed by atoms with van der Waals surface area (Å²) in [6.45, 7) is 11.7. The minimum Gasteiger partial charge on any atom is -0.387 e. The van der Waals surface area contributed by atoms with Gasteiger partial charge >= 0.3 is 0 Å². The van der Waals surface area contributed by atoms with Gasteiger partial charge in [-0.2, -0.15) is 0 Å². The van der Waals surface area contributed by atoms with Crippen molar-refractivity contribution in [3.05, 3.63) is 35.4 Å². The zero-order valence-corrected chi connectivity index (χ0v) is 14.0. The largest absolute Gasteiger partial charge is 0.387 e. The van der Waals surface area contributed by atoms with Crippen molar-refractivity contribution < 1.29 is 5.11 Å². The van der Waals surface area contributed by atoms with E-state index in [4.69, 9.17) is 0 Å². The molecular weight excluding hydrogens is 246 g/mol. The van der Waals surface area contributed by atoms with Crippen LogP contribution in [-0.2, 0) is 5.41 Å². The van der Waals surface area contributed by atoms with E-state index in [2.05, 4.69) is 70.8 Å². The molecule has 1 N–H and O–H groups in total. The minimum atomic E-state index is -0.408. The fourth-order valence-electron chi connectivity index (χ4n) is 2.64. The van der Waals surface area contributed by atoms with E-state index in [-0.39, 0.29) is 5.41 Å². The monoisotopic (exact) mass is 277 g/mol. The first-order chi connectivity index (χ1) is 9.29. The van der Waals surface area contributed by atoms with E-state index >= 15 is 0 Å². The molecule has 1 aromatic rings. The van der Waals surface area contributed by atoms with Gasteiger partial charge in [0, 0.05) is 12.6 Å². The third-order valence-electron chi connectivity index (χ3n) is 4.19. The molecule has 0 aliphatic heterocycles. The highest BCUT2D eigenvalue weighted by atomic mass is 16.3. The number of hydrogen-bond acceptors (Lipinski definition) is 2. The van der Waals surface area contributed by atoms with Crippen LogP contribution in [0.5, 0.6) is 0 Å². The van der Waals surface area contributed by atoms with Crippen LogP contribution in [0.4, 0.5) is 0 Å². The van der Waals surface area contributed by atoms with Gasteiger partial charge in [-0.05, 0) is 36.4 Å².